The molecule has 0 aromatic rings. The highest BCUT2D eigenvalue weighted by Gasteiger charge is 2.46. The maximum absolute atomic E-state index is 10.5. The molecular weight excluding hydrogens is 288 g/mol. The highest BCUT2D eigenvalue weighted by molar-refractivity contribution is 5.70. The number of hydrogen-bond donors (Lipinski definition) is 2. The Bertz CT molecular complexity index is 385. The van der Waals surface area contributed by atoms with Crippen LogP contribution in [0, 0.1) is 11.8 Å². The lowest BCUT2D eigenvalue weighted by atomic mass is 9.90. The molecule has 0 bridgehead atoms. The number of carboxylic acid groups (broad SMARTS) is 2. The first kappa shape index (κ1) is 17.0. The van der Waals surface area contributed by atoms with Crippen LogP contribution in [0.5, 0.6) is 0 Å². The van der Waals surface area contributed by atoms with Gasteiger partial charge in [0, 0.05) is 0 Å². The van der Waals surface area contributed by atoms with Gasteiger partial charge in [-0.25, -0.2) is 0 Å². The van der Waals surface area contributed by atoms with Crippen LogP contribution in [0.25, 0.3) is 0 Å². The van der Waals surface area contributed by atoms with Gasteiger partial charge in [0.15, 0.2) is 0 Å². The first-order valence-electron chi connectivity index (χ1n) is 7.81. The molecule has 0 amide bonds. The molecule has 4 aliphatic rings. The van der Waals surface area contributed by atoms with E-state index in [0.29, 0.717) is 12.2 Å². The van der Waals surface area contributed by atoms with Gasteiger partial charge >= 0.3 is 11.9 Å². The largest absolute Gasteiger partial charge is 0.481 e. The molecule has 124 valence electrons. The minimum Gasteiger partial charge on any atom is -0.481 e. The Morgan fingerprint density at radius 1 is 0.727 bits per heavy atom. The van der Waals surface area contributed by atoms with Gasteiger partial charge in [-0.3, -0.25) is 9.59 Å². The van der Waals surface area contributed by atoms with Gasteiger partial charge in [-0.05, 0) is 38.5 Å². The molecule has 2 heterocycles. The van der Waals surface area contributed by atoms with Crippen molar-refractivity contribution in [2.75, 3.05) is 0 Å². The van der Waals surface area contributed by atoms with Crippen LogP contribution in [0.2, 0.25) is 0 Å². The average molecular weight is 312 g/mol. The molecule has 0 radical (unpaired) electrons. The highest BCUT2D eigenvalue weighted by atomic mass is 16.6. The molecule has 0 spiro atoms. The molecule has 6 atom stereocenters. The lowest BCUT2D eigenvalue weighted by molar-refractivity contribution is -0.143. The van der Waals surface area contributed by atoms with E-state index in [-0.39, 0.29) is 24.0 Å². The molecule has 4 fully saturated rings. The number of hydrogen-bond acceptors (Lipinski definition) is 4. The fourth-order valence-electron chi connectivity index (χ4n) is 3.26. The SMILES string of the molecule is C=C.O=C(O)C1CCC2OC2C1.O=C(O)C1CCC2OC2C1. The van der Waals surface area contributed by atoms with Crippen LogP contribution >= 0.6 is 0 Å². The van der Waals surface area contributed by atoms with Crippen molar-refractivity contribution >= 4 is 11.9 Å². The summed E-state index contributed by atoms with van der Waals surface area (Å²) in [6.45, 7) is 6.00. The summed E-state index contributed by atoms with van der Waals surface area (Å²) in [5.41, 5.74) is 0. The van der Waals surface area contributed by atoms with E-state index in [1.807, 2.05) is 0 Å². The summed E-state index contributed by atoms with van der Waals surface area (Å²) in [6, 6.07) is 0. The van der Waals surface area contributed by atoms with Crippen LogP contribution in [0.15, 0.2) is 13.2 Å². The van der Waals surface area contributed by atoms with E-state index in [1.54, 1.807) is 0 Å². The van der Waals surface area contributed by atoms with Gasteiger partial charge in [0.05, 0.1) is 36.3 Å². The van der Waals surface area contributed by atoms with Crippen molar-refractivity contribution in [1.29, 1.82) is 0 Å². The van der Waals surface area contributed by atoms with E-state index < -0.39 is 11.9 Å². The first-order valence-corrected chi connectivity index (χ1v) is 7.81. The number of aliphatic carboxylic acids is 2. The molecule has 6 unspecified atom stereocenters. The third-order valence-electron chi connectivity index (χ3n) is 4.71. The van der Waals surface area contributed by atoms with Gasteiger partial charge in [-0.1, -0.05) is 0 Å². The molecule has 0 aromatic heterocycles. The molecule has 0 aromatic carbocycles. The summed E-state index contributed by atoms with van der Waals surface area (Å²) in [5, 5.41) is 17.2. The molecule has 2 saturated heterocycles. The molecule has 6 nitrogen and oxygen atoms in total. The predicted octanol–water partition coefficient (Wildman–Crippen LogP) is 2.08. The minimum atomic E-state index is -0.658. The molecule has 2 aliphatic carbocycles. The predicted molar refractivity (Wildman–Crippen MR) is 78.5 cm³/mol. The Hall–Kier alpha value is -1.40. The third-order valence-corrected chi connectivity index (χ3v) is 4.71. The first-order chi connectivity index (χ1) is 10.5. The Morgan fingerprint density at radius 2 is 1.09 bits per heavy atom. The van der Waals surface area contributed by atoms with Gasteiger partial charge < -0.3 is 19.7 Å². The van der Waals surface area contributed by atoms with E-state index in [9.17, 15) is 9.59 Å². The maximum atomic E-state index is 10.5. The number of carboxylic acids is 2. The third kappa shape index (κ3) is 4.30. The summed E-state index contributed by atoms with van der Waals surface area (Å²) in [4.78, 5) is 20.9. The molecule has 4 rings (SSSR count). The van der Waals surface area contributed by atoms with Crippen molar-refractivity contribution in [1.82, 2.24) is 0 Å². The smallest absolute Gasteiger partial charge is 0.306 e. The van der Waals surface area contributed by atoms with Gasteiger partial charge in [-0.15, -0.1) is 13.2 Å². The zero-order chi connectivity index (χ0) is 16.3. The van der Waals surface area contributed by atoms with Gasteiger partial charge in [0.2, 0.25) is 0 Å². The van der Waals surface area contributed by atoms with E-state index in [1.165, 1.54) is 0 Å². The number of carbonyl (C=O) groups is 2. The van der Waals surface area contributed by atoms with Crippen molar-refractivity contribution in [2.45, 2.75) is 62.9 Å². The van der Waals surface area contributed by atoms with E-state index in [0.717, 1.165) is 38.5 Å². The molecular formula is C16H24O6. The zero-order valence-corrected chi connectivity index (χ0v) is 12.6. The van der Waals surface area contributed by atoms with Gasteiger partial charge in [0.1, 0.15) is 0 Å². The van der Waals surface area contributed by atoms with Gasteiger partial charge in [0.25, 0.3) is 0 Å². The Kier molecular flexibility index (Phi) is 5.58. The lowest BCUT2D eigenvalue weighted by Crippen LogP contribution is -2.21. The Labute approximate surface area is 130 Å². The standard InChI is InChI=1S/2C7H10O3.C2H4/c2*8-7(9)4-1-2-5-6(3-4)10-5;1-2/h2*4-6H,1-3H2,(H,8,9);1-2H2. The summed E-state index contributed by atoms with van der Waals surface area (Å²) in [5.74, 6) is -1.59. The van der Waals surface area contributed by atoms with Crippen molar-refractivity contribution in [3.63, 3.8) is 0 Å². The summed E-state index contributed by atoms with van der Waals surface area (Å²) in [7, 11) is 0. The maximum Gasteiger partial charge on any atom is 0.306 e. The monoisotopic (exact) mass is 312 g/mol. The van der Waals surface area contributed by atoms with E-state index in [4.69, 9.17) is 19.7 Å². The lowest BCUT2D eigenvalue weighted by Gasteiger charge is -2.12. The fourth-order valence-corrected chi connectivity index (χ4v) is 3.26. The summed E-state index contributed by atoms with van der Waals surface area (Å²) in [6.07, 6.45) is 6.37. The second-order valence-corrected chi connectivity index (χ2v) is 6.12. The van der Waals surface area contributed by atoms with Crippen molar-refractivity contribution < 1.29 is 29.3 Å². The average Bonchev–Trinajstić information content (AvgIpc) is 3.41. The van der Waals surface area contributed by atoms with Crippen LogP contribution in [0.3, 0.4) is 0 Å². The van der Waals surface area contributed by atoms with Crippen LogP contribution < -0.4 is 0 Å². The molecule has 2 aliphatic heterocycles. The molecule has 6 heteroatoms. The van der Waals surface area contributed by atoms with Crippen molar-refractivity contribution in [3.8, 4) is 0 Å². The summed E-state index contributed by atoms with van der Waals surface area (Å²) < 4.78 is 10.4. The number of fused-ring (bicyclic) bond motifs is 2. The second-order valence-electron chi connectivity index (χ2n) is 6.12. The van der Waals surface area contributed by atoms with Crippen LogP contribution in [-0.4, -0.2) is 46.6 Å². The normalized spacial score (nSPS) is 40.4. The van der Waals surface area contributed by atoms with Crippen molar-refractivity contribution in [2.24, 2.45) is 11.8 Å². The van der Waals surface area contributed by atoms with E-state index in [2.05, 4.69) is 13.2 Å². The van der Waals surface area contributed by atoms with Crippen LogP contribution in [0.1, 0.15) is 38.5 Å². The van der Waals surface area contributed by atoms with Crippen molar-refractivity contribution in [3.05, 3.63) is 13.2 Å². The summed E-state index contributed by atoms with van der Waals surface area (Å²) >= 11 is 0. The van der Waals surface area contributed by atoms with E-state index >= 15 is 0 Å². The minimum absolute atomic E-state index is 0.135. The topological polar surface area (TPSA) is 99.7 Å². The fraction of sp³-hybridized carbons (Fsp3) is 0.750. The highest BCUT2D eigenvalue weighted by Crippen LogP contribution is 2.40. The Balaban J connectivity index is 0.000000144. The van der Waals surface area contributed by atoms with Crippen LogP contribution in [-0.2, 0) is 19.1 Å². The number of epoxide rings is 2. The molecule has 22 heavy (non-hydrogen) atoms. The quantitative estimate of drug-likeness (QED) is 0.598. The molecule has 2 N–H and O–H groups in total. The number of ether oxygens (including phenoxy) is 2. The van der Waals surface area contributed by atoms with Crippen LogP contribution in [0.4, 0.5) is 0 Å². The zero-order valence-electron chi connectivity index (χ0n) is 12.6. The molecule has 2 saturated carbocycles. The Morgan fingerprint density at radius 3 is 1.36 bits per heavy atom. The van der Waals surface area contributed by atoms with Gasteiger partial charge in [-0.2, -0.15) is 0 Å². The number of rotatable bonds is 2. The second kappa shape index (κ2) is 7.24.